The number of carbonyl (C=O) groups is 2. The lowest BCUT2D eigenvalue weighted by Gasteiger charge is -2.04. The minimum Gasteiger partial charge on any atom is -0.290 e. The van der Waals surface area contributed by atoms with Gasteiger partial charge in [0.15, 0.2) is 0 Å². The fraction of sp³-hybridized carbons (Fsp3) is 0.704. The van der Waals surface area contributed by atoms with E-state index in [0.29, 0.717) is 12.0 Å². The Morgan fingerprint density at radius 3 is 1.62 bits per heavy atom. The van der Waals surface area contributed by atoms with Gasteiger partial charge in [-0.05, 0) is 24.5 Å². The molecule has 1 aromatic rings. The van der Waals surface area contributed by atoms with Gasteiger partial charge in [-0.3, -0.25) is 9.59 Å². The van der Waals surface area contributed by atoms with Crippen LogP contribution in [0.1, 0.15) is 133 Å². The van der Waals surface area contributed by atoms with Crippen molar-refractivity contribution < 1.29 is 9.59 Å². The Bertz CT molecular complexity index is 561. The molecule has 0 aliphatic heterocycles. The number of hydrogen-bond donors (Lipinski definition) is 0. The summed E-state index contributed by atoms with van der Waals surface area (Å²) < 4.78 is 0. The zero-order valence-electron chi connectivity index (χ0n) is 19.1. The lowest BCUT2D eigenvalue weighted by atomic mass is 9.99. The average Bonchev–Trinajstić information content (AvgIpc) is 2.75. The van der Waals surface area contributed by atoms with Gasteiger partial charge in [-0.15, -0.1) is 0 Å². The van der Waals surface area contributed by atoms with E-state index in [1.807, 2.05) is 18.2 Å². The summed E-state index contributed by atoms with van der Waals surface area (Å²) in [7, 11) is 0. The molecule has 0 bridgehead atoms. The number of rotatable bonds is 19. The van der Waals surface area contributed by atoms with E-state index in [4.69, 9.17) is 0 Å². The van der Waals surface area contributed by atoms with Crippen molar-refractivity contribution in [2.75, 3.05) is 0 Å². The molecule has 2 nitrogen and oxygen atoms in total. The van der Waals surface area contributed by atoms with Gasteiger partial charge in [-0.1, -0.05) is 122 Å². The van der Waals surface area contributed by atoms with Crippen molar-refractivity contribution in [3.63, 3.8) is 0 Å². The predicted molar refractivity (Wildman–Crippen MR) is 125 cm³/mol. The van der Waals surface area contributed by atoms with Crippen LogP contribution in [0.15, 0.2) is 24.3 Å². The van der Waals surface area contributed by atoms with E-state index < -0.39 is 0 Å². The van der Waals surface area contributed by atoms with E-state index in [0.717, 1.165) is 24.8 Å². The highest BCUT2D eigenvalue weighted by Gasteiger charge is 2.15. The van der Waals surface area contributed by atoms with Gasteiger partial charge in [0, 0.05) is 12.0 Å². The van der Waals surface area contributed by atoms with Gasteiger partial charge >= 0.3 is 0 Å². The van der Waals surface area contributed by atoms with Crippen LogP contribution in [0, 0.1) is 0 Å². The fourth-order valence-electron chi connectivity index (χ4n) is 3.86. The van der Waals surface area contributed by atoms with Gasteiger partial charge in [-0.2, -0.15) is 0 Å². The molecule has 164 valence electrons. The molecule has 0 unspecified atom stereocenters. The van der Waals surface area contributed by atoms with Gasteiger partial charge < -0.3 is 0 Å². The second-order valence-corrected chi connectivity index (χ2v) is 8.51. The number of carbonyl (C=O) groups excluding carboxylic acids is 2. The molecule has 0 atom stereocenters. The molecule has 0 fully saturated rings. The lowest BCUT2D eigenvalue weighted by Crippen LogP contribution is -2.14. The number of aryl methyl sites for hydroxylation is 1. The van der Waals surface area contributed by atoms with Crippen molar-refractivity contribution in [1.29, 1.82) is 0 Å². The summed E-state index contributed by atoms with van der Waals surface area (Å²) in [4.78, 5) is 24.4. The van der Waals surface area contributed by atoms with Crippen LogP contribution in [-0.2, 0) is 11.2 Å². The maximum Gasteiger partial charge on any atom is 0.228 e. The summed E-state index contributed by atoms with van der Waals surface area (Å²) in [6.07, 6.45) is 20.9. The highest BCUT2D eigenvalue weighted by atomic mass is 16.2. The third-order valence-electron chi connectivity index (χ3n) is 5.86. The second kappa shape index (κ2) is 17.4. The largest absolute Gasteiger partial charge is 0.290 e. The zero-order chi connectivity index (χ0) is 21.2. The number of Topliss-reactive ketones (excluding diaryl/α,β-unsaturated/α-hetero) is 2. The van der Waals surface area contributed by atoms with Crippen LogP contribution in [0.3, 0.4) is 0 Å². The number of hydrogen-bond acceptors (Lipinski definition) is 2. The summed E-state index contributed by atoms with van der Waals surface area (Å²) >= 11 is 0. The first kappa shape index (κ1) is 25.6. The summed E-state index contributed by atoms with van der Waals surface area (Å²) in [5, 5.41) is 0. The van der Waals surface area contributed by atoms with Crippen LogP contribution in [0.2, 0.25) is 0 Å². The summed E-state index contributed by atoms with van der Waals surface area (Å²) in [6.45, 7) is 4.33. The van der Waals surface area contributed by atoms with Crippen LogP contribution >= 0.6 is 0 Å². The number of benzene rings is 1. The molecule has 0 aromatic heterocycles. The van der Waals surface area contributed by atoms with Crippen LogP contribution < -0.4 is 0 Å². The molecular weight excluding hydrogens is 356 g/mol. The van der Waals surface area contributed by atoms with Crippen molar-refractivity contribution in [2.45, 2.75) is 123 Å². The summed E-state index contributed by atoms with van der Waals surface area (Å²) in [5.41, 5.74) is 1.66. The Labute approximate surface area is 179 Å². The topological polar surface area (TPSA) is 34.1 Å². The van der Waals surface area contributed by atoms with E-state index in [1.165, 1.54) is 83.5 Å². The molecule has 0 spiro atoms. The van der Waals surface area contributed by atoms with Gasteiger partial charge in [0.25, 0.3) is 0 Å². The molecular formula is C27H44O2. The maximum atomic E-state index is 12.2. The minimum absolute atomic E-state index is 0.229. The molecule has 2 heteroatoms. The quantitative estimate of drug-likeness (QED) is 0.133. The van der Waals surface area contributed by atoms with E-state index in [-0.39, 0.29) is 11.6 Å². The monoisotopic (exact) mass is 400 g/mol. The molecule has 0 heterocycles. The van der Waals surface area contributed by atoms with Gasteiger partial charge in [0.2, 0.25) is 11.6 Å². The molecule has 29 heavy (non-hydrogen) atoms. The molecule has 0 aliphatic rings. The van der Waals surface area contributed by atoms with E-state index in [9.17, 15) is 9.59 Å². The van der Waals surface area contributed by atoms with Crippen molar-refractivity contribution in [1.82, 2.24) is 0 Å². The van der Waals surface area contributed by atoms with Crippen LogP contribution in [0.25, 0.3) is 0 Å². The predicted octanol–water partition coefficient (Wildman–Crippen LogP) is 8.26. The summed E-state index contributed by atoms with van der Waals surface area (Å²) in [5.74, 6) is -0.543. The highest BCUT2D eigenvalue weighted by Crippen LogP contribution is 2.14. The zero-order valence-corrected chi connectivity index (χ0v) is 19.1. The normalized spacial score (nSPS) is 11.0. The maximum absolute atomic E-state index is 12.2. The lowest BCUT2D eigenvalue weighted by molar-refractivity contribution is -0.115. The van der Waals surface area contributed by atoms with Gasteiger partial charge in [-0.25, -0.2) is 0 Å². The molecule has 0 amide bonds. The van der Waals surface area contributed by atoms with Crippen LogP contribution in [-0.4, -0.2) is 11.6 Å². The average molecular weight is 401 g/mol. The SMILES string of the molecule is CCCCCCCCCCCCCCCCCC(=O)C(=O)c1cccc(CC)c1. The molecule has 0 saturated carbocycles. The number of ketones is 2. The second-order valence-electron chi connectivity index (χ2n) is 8.51. The van der Waals surface area contributed by atoms with Crippen molar-refractivity contribution in [3.05, 3.63) is 35.4 Å². The molecule has 0 radical (unpaired) electrons. The molecule has 0 saturated heterocycles. The Morgan fingerprint density at radius 2 is 1.14 bits per heavy atom. The first-order valence-electron chi connectivity index (χ1n) is 12.4. The molecule has 0 aliphatic carbocycles. The highest BCUT2D eigenvalue weighted by molar-refractivity contribution is 6.43. The summed E-state index contributed by atoms with van der Waals surface area (Å²) in [6, 6.07) is 7.47. The smallest absolute Gasteiger partial charge is 0.228 e. The van der Waals surface area contributed by atoms with Crippen molar-refractivity contribution >= 4 is 11.6 Å². The van der Waals surface area contributed by atoms with Crippen LogP contribution in [0.5, 0.6) is 0 Å². The van der Waals surface area contributed by atoms with E-state index in [2.05, 4.69) is 13.8 Å². The van der Waals surface area contributed by atoms with Gasteiger partial charge in [0.1, 0.15) is 0 Å². The minimum atomic E-state index is -0.314. The molecule has 1 rings (SSSR count). The Morgan fingerprint density at radius 1 is 0.655 bits per heavy atom. The number of unbranched alkanes of at least 4 members (excludes halogenated alkanes) is 14. The standard InChI is InChI=1S/C27H44O2/c1-3-5-6-7-8-9-10-11-12-13-14-15-16-17-18-22-26(28)27(29)25-21-19-20-24(4-2)23-25/h19-21,23H,3-18,22H2,1-2H3. The fourth-order valence-corrected chi connectivity index (χ4v) is 3.86. The Kier molecular flexibility index (Phi) is 15.4. The molecule has 0 N–H and O–H groups in total. The first-order chi connectivity index (χ1) is 14.2. The Hall–Kier alpha value is -1.44. The van der Waals surface area contributed by atoms with Crippen molar-refractivity contribution in [3.8, 4) is 0 Å². The van der Waals surface area contributed by atoms with Crippen LogP contribution in [0.4, 0.5) is 0 Å². The third-order valence-corrected chi connectivity index (χ3v) is 5.86. The van der Waals surface area contributed by atoms with Crippen molar-refractivity contribution in [2.24, 2.45) is 0 Å². The first-order valence-corrected chi connectivity index (χ1v) is 12.4. The van der Waals surface area contributed by atoms with E-state index >= 15 is 0 Å². The van der Waals surface area contributed by atoms with E-state index in [1.54, 1.807) is 6.07 Å². The third kappa shape index (κ3) is 12.7. The molecule has 1 aromatic carbocycles. The Balaban J connectivity index is 1.94. The van der Waals surface area contributed by atoms with Gasteiger partial charge in [0.05, 0.1) is 0 Å².